The SMILES string of the molecule is CCCNCCCc1ncc(C2(C)CCCCC2)o1. The molecule has 0 bridgehead atoms. The second-order valence-corrected chi connectivity index (χ2v) is 6.09. The van der Waals surface area contributed by atoms with E-state index in [0.29, 0.717) is 0 Å². The first kappa shape index (κ1) is 14.6. The Balaban J connectivity index is 1.81. The lowest BCUT2D eigenvalue weighted by Gasteiger charge is -2.30. The van der Waals surface area contributed by atoms with Crippen molar-refractivity contribution >= 4 is 0 Å². The van der Waals surface area contributed by atoms with Crippen molar-refractivity contribution in [2.75, 3.05) is 13.1 Å². The molecule has 1 aliphatic carbocycles. The van der Waals surface area contributed by atoms with Gasteiger partial charge in [-0.3, -0.25) is 0 Å². The molecule has 0 radical (unpaired) electrons. The van der Waals surface area contributed by atoms with Crippen LogP contribution in [0.15, 0.2) is 10.6 Å². The maximum absolute atomic E-state index is 5.99. The molecule has 1 N–H and O–H groups in total. The molecule has 1 saturated carbocycles. The summed E-state index contributed by atoms with van der Waals surface area (Å²) in [6, 6.07) is 0. The first-order valence-corrected chi connectivity index (χ1v) is 7.90. The van der Waals surface area contributed by atoms with Gasteiger partial charge in [0, 0.05) is 11.8 Å². The molecule has 1 fully saturated rings. The minimum atomic E-state index is 0.240. The molecule has 0 aliphatic heterocycles. The molecular formula is C16H28N2O. The van der Waals surface area contributed by atoms with Gasteiger partial charge in [0.25, 0.3) is 0 Å². The molecule has 3 nitrogen and oxygen atoms in total. The van der Waals surface area contributed by atoms with Gasteiger partial charge in [-0.2, -0.15) is 0 Å². The van der Waals surface area contributed by atoms with Crippen LogP contribution in [0.4, 0.5) is 0 Å². The van der Waals surface area contributed by atoms with Gasteiger partial charge >= 0.3 is 0 Å². The Labute approximate surface area is 117 Å². The van der Waals surface area contributed by atoms with Crippen molar-refractivity contribution in [1.29, 1.82) is 0 Å². The minimum absolute atomic E-state index is 0.240. The topological polar surface area (TPSA) is 38.1 Å². The number of nitrogens with one attached hydrogen (secondary N) is 1. The smallest absolute Gasteiger partial charge is 0.194 e. The van der Waals surface area contributed by atoms with Gasteiger partial charge in [0.2, 0.25) is 0 Å². The van der Waals surface area contributed by atoms with Crippen LogP contribution in [-0.4, -0.2) is 18.1 Å². The zero-order valence-corrected chi connectivity index (χ0v) is 12.5. The Bertz CT molecular complexity index is 367. The van der Waals surface area contributed by atoms with Gasteiger partial charge in [0.1, 0.15) is 5.76 Å². The van der Waals surface area contributed by atoms with Gasteiger partial charge in [0.15, 0.2) is 5.89 Å². The third kappa shape index (κ3) is 4.07. The second kappa shape index (κ2) is 7.09. The molecule has 1 heterocycles. The highest BCUT2D eigenvalue weighted by molar-refractivity contribution is 5.11. The predicted octanol–water partition coefficient (Wildman–Crippen LogP) is 3.83. The van der Waals surface area contributed by atoms with E-state index in [2.05, 4.69) is 24.1 Å². The number of aromatic nitrogens is 1. The summed E-state index contributed by atoms with van der Waals surface area (Å²) in [5.41, 5.74) is 0.240. The van der Waals surface area contributed by atoms with Crippen LogP contribution in [0, 0.1) is 0 Å². The van der Waals surface area contributed by atoms with E-state index in [9.17, 15) is 0 Å². The monoisotopic (exact) mass is 264 g/mol. The lowest BCUT2D eigenvalue weighted by atomic mass is 9.74. The van der Waals surface area contributed by atoms with E-state index in [1.807, 2.05) is 6.20 Å². The normalized spacial score (nSPS) is 18.6. The van der Waals surface area contributed by atoms with Crippen molar-refractivity contribution in [3.63, 3.8) is 0 Å². The van der Waals surface area contributed by atoms with E-state index in [1.54, 1.807) is 0 Å². The summed E-state index contributed by atoms with van der Waals surface area (Å²) < 4.78 is 5.99. The Morgan fingerprint density at radius 1 is 1.26 bits per heavy atom. The van der Waals surface area contributed by atoms with E-state index < -0.39 is 0 Å². The number of hydrogen-bond acceptors (Lipinski definition) is 3. The second-order valence-electron chi connectivity index (χ2n) is 6.09. The Hall–Kier alpha value is -0.830. The van der Waals surface area contributed by atoms with E-state index >= 15 is 0 Å². The van der Waals surface area contributed by atoms with Gasteiger partial charge in [-0.05, 0) is 38.8 Å². The molecule has 0 saturated heterocycles. The van der Waals surface area contributed by atoms with Crippen molar-refractivity contribution in [3.8, 4) is 0 Å². The van der Waals surface area contributed by atoms with Gasteiger partial charge < -0.3 is 9.73 Å². The fourth-order valence-electron chi connectivity index (χ4n) is 2.95. The van der Waals surface area contributed by atoms with Crippen LogP contribution < -0.4 is 5.32 Å². The lowest BCUT2D eigenvalue weighted by Crippen LogP contribution is -2.24. The van der Waals surface area contributed by atoms with Crippen LogP contribution in [0.2, 0.25) is 0 Å². The summed E-state index contributed by atoms with van der Waals surface area (Å²) >= 11 is 0. The Morgan fingerprint density at radius 2 is 2.05 bits per heavy atom. The average molecular weight is 264 g/mol. The fraction of sp³-hybridized carbons (Fsp3) is 0.812. The summed E-state index contributed by atoms with van der Waals surface area (Å²) in [4.78, 5) is 4.46. The van der Waals surface area contributed by atoms with Crippen molar-refractivity contribution in [3.05, 3.63) is 17.8 Å². The molecule has 1 aromatic rings. The van der Waals surface area contributed by atoms with Gasteiger partial charge in [-0.1, -0.05) is 33.1 Å². The minimum Gasteiger partial charge on any atom is -0.445 e. The van der Waals surface area contributed by atoms with Crippen molar-refractivity contribution in [2.45, 2.75) is 70.6 Å². The Morgan fingerprint density at radius 3 is 2.79 bits per heavy atom. The van der Waals surface area contributed by atoms with E-state index in [1.165, 1.54) is 38.5 Å². The van der Waals surface area contributed by atoms with Crippen LogP contribution in [0.5, 0.6) is 0 Å². The van der Waals surface area contributed by atoms with Crippen LogP contribution in [0.1, 0.15) is 70.4 Å². The molecule has 19 heavy (non-hydrogen) atoms. The average Bonchev–Trinajstić information content (AvgIpc) is 2.89. The molecule has 2 rings (SSSR count). The van der Waals surface area contributed by atoms with Crippen LogP contribution >= 0.6 is 0 Å². The summed E-state index contributed by atoms with van der Waals surface area (Å²) in [5.74, 6) is 2.03. The molecule has 0 amide bonds. The van der Waals surface area contributed by atoms with E-state index in [4.69, 9.17) is 4.42 Å². The number of nitrogens with zero attached hydrogens (tertiary/aromatic N) is 1. The first-order chi connectivity index (χ1) is 9.24. The number of hydrogen-bond donors (Lipinski definition) is 1. The highest BCUT2D eigenvalue weighted by Crippen LogP contribution is 2.39. The van der Waals surface area contributed by atoms with Crippen LogP contribution in [0.25, 0.3) is 0 Å². The standard InChI is InChI=1S/C16H28N2O/c1-3-11-17-12-7-8-15-18-13-14(19-15)16(2)9-5-4-6-10-16/h13,17H,3-12H2,1-2H3. The summed E-state index contributed by atoms with van der Waals surface area (Å²) in [7, 11) is 0. The molecule has 1 aliphatic rings. The zero-order valence-electron chi connectivity index (χ0n) is 12.5. The predicted molar refractivity (Wildman–Crippen MR) is 78.4 cm³/mol. The summed E-state index contributed by atoms with van der Waals surface area (Å²) in [6.45, 7) is 6.69. The van der Waals surface area contributed by atoms with Crippen molar-refractivity contribution in [1.82, 2.24) is 10.3 Å². The maximum Gasteiger partial charge on any atom is 0.194 e. The van der Waals surface area contributed by atoms with Gasteiger partial charge in [0.05, 0.1) is 6.20 Å². The zero-order chi connectivity index (χ0) is 13.6. The number of aryl methyl sites for hydroxylation is 1. The third-order valence-electron chi connectivity index (χ3n) is 4.28. The molecular weight excluding hydrogens is 236 g/mol. The molecule has 1 aromatic heterocycles. The molecule has 0 unspecified atom stereocenters. The number of oxazole rings is 1. The molecule has 3 heteroatoms. The van der Waals surface area contributed by atoms with Gasteiger partial charge in [-0.25, -0.2) is 4.98 Å². The number of rotatable bonds is 7. The van der Waals surface area contributed by atoms with Crippen LogP contribution in [0.3, 0.4) is 0 Å². The highest BCUT2D eigenvalue weighted by atomic mass is 16.4. The summed E-state index contributed by atoms with van der Waals surface area (Å²) in [6.07, 6.45) is 11.8. The molecule has 0 spiro atoms. The largest absolute Gasteiger partial charge is 0.445 e. The van der Waals surface area contributed by atoms with E-state index in [0.717, 1.165) is 37.6 Å². The van der Waals surface area contributed by atoms with E-state index in [-0.39, 0.29) is 5.41 Å². The third-order valence-corrected chi connectivity index (χ3v) is 4.28. The summed E-state index contributed by atoms with van der Waals surface area (Å²) in [5, 5.41) is 3.41. The maximum atomic E-state index is 5.99. The highest BCUT2D eigenvalue weighted by Gasteiger charge is 2.32. The van der Waals surface area contributed by atoms with Crippen LogP contribution in [-0.2, 0) is 11.8 Å². The van der Waals surface area contributed by atoms with Crippen molar-refractivity contribution < 1.29 is 4.42 Å². The van der Waals surface area contributed by atoms with Crippen molar-refractivity contribution in [2.24, 2.45) is 0 Å². The van der Waals surface area contributed by atoms with Gasteiger partial charge in [-0.15, -0.1) is 0 Å². The molecule has 0 atom stereocenters. The molecule has 0 aromatic carbocycles. The first-order valence-electron chi connectivity index (χ1n) is 7.90. The fourth-order valence-corrected chi connectivity index (χ4v) is 2.95. The lowest BCUT2D eigenvalue weighted by molar-refractivity contribution is 0.260. The Kier molecular flexibility index (Phi) is 5.44. The molecule has 108 valence electrons. The quantitative estimate of drug-likeness (QED) is 0.761.